The highest BCUT2D eigenvalue weighted by Crippen LogP contribution is 2.30. The standard InChI is InChI=1S/C21H22N2O4/c1-14-17(22-15(2)24)5-3-6-18(14)23-21(25)10-8-16-7-9-19-20(13-16)27-12-4-11-26-19/h3,5-10,13H,4,11-12H2,1-2H3,(H,22,24)(H,23,25)/b10-8+. The van der Waals surface area contributed by atoms with Crippen molar-refractivity contribution in [1.82, 2.24) is 0 Å². The molecule has 2 amide bonds. The molecule has 2 aromatic carbocycles. The third kappa shape index (κ3) is 4.88. The van der Waals surface area contributed by atoms with Crippen molar-refractivity contribution in [3.63, 3.8) is 0 Å². The summed E-state index contributed by atoms with van der Waals surface area (Å²) in [6.07, 6.45) is 4.03. The molecule has 0 saturated heterocycles. The van der Waals surface area contributed by atoms with Crippen molar-refractivity contribution < 1.29 is 19.1 Å². The lowest BCUT2D eigenvalue weighted by Crippen LogP contribution is -2.12. The Morgan fingerprint density at radius 1 is 1.00 bits per heavy atom. The summed E-state index contributed by atoms with van der Waals surface area (Å²) < 4.78 is 11.3. The maximum atomic E-state index is 12.3. The van der Waals surface area contributed by atoms with Crippen molar-refractivity contribution in [2.75, 3.05) is 23.8 Å². The van der Waals surface area contributed by atoms with Crippen LogP contribution >= 0.6 is 0 Å². The van der Waals surface area contributed by atoms with Crippen LogP contribution in [0.25, 0.3) is 6.08 Å². The Morgan fingerprint density at radius 2 is 1.70 bits per heavy atom. The molecule has 0 aromatic heterocycles. The molecule has 140 valence electrons. The Balaban J connectivity index is 1.69. The summed E-state index contributed by atoms with van der Waals surface area (Å²) in [6, 6.07) is 10.9. The third-order valence-electron chi connectivity index (χ3n) is 4.10. The molecule has 3 rings (SSSR count). The first kappa shape index (κ1) is 18.5. The van der Waals surface area contributed by atoms with Crippen LogP contribution in [0.2, 0.25) is 0 Å². The Morgan fingerprint density at radius 3 is 2.44 bits per heavy atom. The lowest BCUT2D eigenvalue weighted by Gasteiger charge is -2.11. The Kier molecular flexibility index (Phi) is 5.76. The Hall–Kier alpha value is -3.28. The van der Waals surface area contributed by atoms with Crippen molar-refractivity contribution in [1.29, 1.82) is 0 Å². The average molecular weight is 366 g/mol. The van der Waals surface area contributed by atoms with Gasteiger partial charge in [-0.15, -0.1) is 0 Å². The van der Waals surface area contributed by atoms with Crippen LogP contribution in [0.5, 0.6) is 11.5 Å². The first-order chi connectivity index (χ1) is 13.0. The minimum Gasteiger partial charge on any atom is -0.490 e. The fraction of sp³-hybridized carbons (Fsp3) is 0.238. The van der Waals surface area contributed by atoms with Gasteiger partial charge in [-0.25, -0.2) is 0 Å². The molecule has 0 radical (unpaired) electrons. The molecule has 1 aliphatic rings. The number of anilines is 2. The summed E-state index contributed by atoms with van der Waals surface area (Å²) in [4.78, 5) is 23.5. The van der Waals surface area contributed by atoms with Crippen LogP contribution in [-0.4, -0.2) is 25.0 Å². The van der Waals surface area contributed by atoms with E-state index >= 15 is 0 Å². The molecule has 1 aliphatic heterocycles. The number of rotatable bonds is 4. The normalized spacial score (nSPS) is 13.1. The zero-order valence-corrected chi connectivity index (χ0v) is 15.4. The minimum atomic E-state index is -0.259. The van der Waals surface area contributed by atoms with E-state index in [9.17, 15) is 9.59 Å². The molecule has 0 aliphatic carbocycles. The Labute approximate surface area is 158 Å². The van der Waals surface area contributed by atoms with Gasteiger partial charge < -0.3 is 20.1 Å². The number of fused-ring (bicyclic) bond motifs is 1. The highest BCUT2D eigenvalue weighted by atomic mass is 16.5. The van der Waals surface area contributed by atoms with Crippen LogP contribution in [0, 0.1) is 6.92 Å². The number of nitrogens with one attached hydrogen (secondary N) is 2. The van der Waals surface area contributed by atoms with Gasteiger partial charge in [0, 0.05) is 30.8 Å². The number of amides is 2. The molecule has 6 heteroatoms. The van der Waals surface area contributed by atoms with E-state index in [2.05, 4.69) is 10.6 Å². The first-order valence-electron chi connectivity index (χ1n) is 8.79. The number of ether oxygens (including phenoxy) is 2. The van der Waals surface area contributed by atoms with Crippen LogP contribution in [0.4, 0.5) is 11.4 Å². The summed E-state index contributed by atoms with van der Waals surface area (Å²) in [6.45, 7) is 4.54. The topological polar surface area (TPSA) is 76.7 Å². The first-order valence-corrected chi connectivity index (χ1v) is 8.79. The second-order valence-corrected chi connectivity index (χ2v) is 6.24. The molecule has 0 spiro atoms. The van der Waals surface area contributed by atoms with E-state index in [4.69, 9.17) is 9.47 Å². The molecule has 2 N–H and O–H groups in total. The lowest BCUT2D eigenvalue weighted by molar-refractivity contribution is -0.114. The molecule has 0 atom stereocenters. The largest absolute Gasteiger partial charge is 0.490 e. The summed E-state index contributed by atoms with van der Waals surface area (Å²) in [5.74, 6) is 0.995. The third-order valence-corrected chi connectivity index (χ3v) is 4.10. The van der Waals surface area contributed by atoms with Crippen LogP contribution in [-0.2, 0) is 9.59 Å². The van der Waals surface area contributed by atoms with Gasteiger partial charge in [0.2, 0.25) is 11.8 Å². The maximum absolute atomic E-state index is 12.3. The SMILES string of the molecule is CC(=O)Nc1cccc(NC(=O)/C=C/c2ccc3c(c2)OCCCO3)c1C. The maximum Gasteiger partial charge on any atom is 0.248 e. The molecule has 2 aromatic rings. The van der Waals surface area contributed by atoms with E-state index in [1.54, 1.807) is 24.3 Å². The number of carbonyl (C=O) groups excluding carboxylic acids is 2. The van der Waals surface area contributed by atoms with Crippen molar-refractivity contribution in [2.24, 2.45) is 0 Å². The van der Waals surface area contributed by atoms with Gasteiger partial charge in [-0.2, -0.15) is 0 Å². The second kappa shape index (κ2) is 8.40. The zero-order valence-electron chi connectivity index (χ0n) is 15.4. The van der Waals surface area contributed by atoms with Crippen LogP contribution in [0.1, 0.15) is 24.5 Å². The average Bonchev–Trinajstić information content (AvgIpc) is 2.88. The van der Waals surface area contributed by atoms with Crippen molar-refractivity contribution in [2.45, 2.75) is 20.3 Å². The number of hydrogen-bond acceptors (Lipinski definition) is 4. The van der Waals surface area contributed by atoms with Crippen molar-refractivity contribution in [3.05, 3.63) is 53.6 Å². The van der Waals surface area contributed by atoms with Gasteiger partial charge in [0.15, 0.2) is 11.5 Å². The van der Waals surface area contributed by atoms with Gasteiger partial charge in [0.1, 0.15) is 0 Å². The van der Waals surface area contributed by atoms with Crippen LogP contribution in [0.3, 0.4) is 0 Å². The monoisotopic (exact) mass is 366 g/mol. The fourth-order valence-electron chi connectivity index (χ4n) is 2.73. The van der Waals surface area contributed by atoms with E-state index in [1.165, 1.54) is 13.0 Å². The van der Waals surface area contributed by atoms with Crippen LogP contribution in [0.15, 0.2) is 42.5 Å². The molecule has 27 heavy (non-hydrogen) atoms. The van der Waals surface area contributed by atoms with E-state index in [1.807, 2.05) is 25.1 Å². The molecule has 6 nitrogen and oxygen atoms in total. The fourth-order valence-corrected chi connectivity index (χ4v) is 2.73. The highest BCUT2D eigenvalue weighted by Gasteiger charge is 2.10. The van der Waals surface area contributed by atoms with Gasteiger partial charge >= 0.3 is 0 Å². The Bertz CT molecular complexity index is 890. The van der Waals surface area contributed by atoms with Crippen molar-refractivity contribution >= 4 is 29.3 Å². The highest BCUT2D eigenvalue weighted by molar-refractivity contribution is 6.03. The predicted molar refractivity (Wildman–Crippen MR) is 105 cm³/mol. The van der Waals surface area contributed by atoms with Gasteiger partial charge in [0.25, 0.3) is 0 Å². The molecule has 0 unspecified atom stereocenters. The number of benzene rings is 2. The quantitative estimate of drug-likeness (QED) is 0.808. The van der Waals surface area contributed by atoms with Gasteiger partial charge in [-0.3, -0.25) is 9.59 Å². The second-order valence-electron chi connectivity index (χ2n) is 6.24. The van der Waals surface area contributed by atoms with Gasteiger partial charge in [-0.05, 0) is 48.4 Å². The molecule has 0 fully saturated rings. The summed E-state index contributed by atoms with van der Waals surface area (Å²) >= 11 is 0. The minimum absolute atomic E-state index is 0.157. The van der Waals surface area contributed by atoms with Crippen molar-refractivity contribution in [3.8, 4) is 11.5 Å². The van der Waals surface area contributed by atoms with E-state index in [-0.39, 0.29) is 11.8 Å². The lowest BCUT2D eigenvalue weighted by atomic mass is 10.1. The summed E-state index contributed by atoms with van der Waals surface area (Å²) in [5, 5.41) is 5.58. The molecule has 0 saturated carbocycles. The molecular weight excluding hydrogens is 344 g/mol. The smallest absolute Gasteiger partial charge is 0.248 e. The molecule has 0 bridgehead atoms. The number of carbonyl (C=O) groups is 2. The number of hydrogen-bond donors (Lipinski definition) is 2. The summed E-state index contributed by atoms with van der Waals surface area (Å²) in [7, 11) is 0. The van der Waals surface area contributed by atoms with Gasteiger partial charge in [0.05, 0.1) is 13.2 Å². The zero-order chi connectivity index (χ0) is 19.2. The summed E-state index contributed by atoms with van der Waals surface area (Å²) in [5.41, 5.74) is 2.96. The molecular formula is C21H22N2O4. The van der Waals surface area contributed by atoms with E-state index in [0.717, 1.165) is 23.3 Å². The van der Waals surface area contributed by atoms with Crippen LogP contribution < -0.4 is 20.1 Å². The van der Waals surface area contributed by atoms with E-state index < -0.39 is 0 Å². The van der Waals surface area contributed by atoms with E-state index in [0.29, 0.717) is 30.3 Å². The van der Waals surface area contributed by atoms with Gasteiger partial charge in [-0.1, -0.05) is 12.1 Å². The molecule has 1 heterocycles. The predicted octanol–water partition coefficient (Wildman–Crippen LogP) is 3.77.